The summed E-state index contributed by atoms with van der Waals surface area (Å²) in [4.78, 5) is 29.5. The number of methoxy groups -OCH3 is 1. The largest absolute Gasteiger partial charge is 0.469 e. The summed E-state index contributed by atoms with van der Waals surface area (Å²) in [6.07, 6.45) is 2.17. The number of rotatable bonds is 4. The van der Waals surface area contributed by atoms with Crippen molar-refractivity contribution in [2.24, 2.45) is 5.73 Å². The number of hydrogen-bond acceptors (Lipinski definition) is 5. The molecule has 2 aromatic rings. The molecule has 3 N–H and O–H groups in total. The molecule has 7 nitrogen and oxygen atoms in total. The highest BCUT2D eigenvalue weighted by Gasteiger charge is 2.13. The van der Waals surface area contributed by atoms with Crippen molar-refractivity contribution in [2.45, 2.75) is 18.9 Å². The number of aromatic nitrogens is 3. The predicted octanol–water partition coefficient (Wildman–Crippen LogP) is -0.0244. The fourth-order valence-electron chi connectivity index (χ4n) is 1.64. The fourth-order valence-corrected chi connectivity index (χ4v) is 1.64. The lowest BCUT2D eigenvalue weighted by Crippen LogP contribution is -2.24. The molecule has 0 radical (unpaired) electrons. The Morgan fingerprint density at radius 3 is 3.17 bits per heavy atom. The summed E-state index contributed by atoms with van der Waals surface area (Å²) in [7, 11) is 1.32. The quantitative estimate of drug-likeness (QED) is 0.742. The topological polar surface area (TPSA) is 102 Å². The van der Waals surface area contributed by atoms with Crippen LogP contribution in [0.4, 0.5) is 0 Å². The highest BCUT2D eigenvalue weighted by Crippen LogP contribution is 2.11. The van der Waals surface area contributed by atoms with E-state index in [-0.39, 0.29) is 18.1 Å². The number of aromatic amines is 1. The molecule has 18 heavy (non-hydrogen) atoms. The van der Waals surface area contributed by atoms with Crippen LogP contribution in [0.3, 0.4) is 0 Å². The lowest BCUT2D eigenvalue weighted by atomic mass is 10.1. The first-order valence-corrected chi connectivity index (χ1v) is 5.51. The normalized spacial score (nSPS) is 12.6. The van der Waals surface area contributed by atoms with Gasteiger partial charge in [0.15, 0.2) is 0 Å². The molecule has 96 valence electrons. The number of carbonyl (C=O) groups excluding carboxylic acids is 1. The number of nitrogens with one attached hydrogen (secondary N) is 1. The zero-order chi connectivity index (χ0) is 13.1. The molecule has 0 aliphatic carbocycles. The smallest absolute Gasteiger partial charge is 0.332 e. The Balaban J connectivity index is 2.19. The molecule has 0 bridgehead atoms. The van der Waals surface area contributed by atoms with Gasteiger partial charge in [-0.25, -0.2) is 9.78 Å². The maximum atomic E-state index is 11.7. The Bertz CT molecular complexity index is 616. The third-order valence-corrected chi connectivity index (χ3v) is 2.65. The van der Waals surface area contributed by atoms with Gasteiger partial charge in [0.2, 0.25) is 0 Å². The Kier molecular flexibility index (Phi) is 3.42. The molecule has 0 amide bonds. The molecule has 0 aromatic carbocycles. The number of fused-ring (bicyclic) bond motifs is 1. The van der Waals surface area contributed by atoms with Gasteiger partial charge in [-0.1, -0.05) is 0 Å². The van der Waals surface area contributed by atoms with Crippen molar-refractivity contribution >= 4 is 11.6 Å². The standard InChI is InChI=1S/C11H14N4O3/c1-18-9(16)5-4-7(12)10-13-8-3-2-6-15(8)11(17)14-10/h2-3,6-7H,4-5,12H2,1H3,(H,13,14,17). The van der Waals surface area contributed by atoms with Crippen molar-refractivity contribution in [1.82, 2.24) is 14.4 Å². The Hall–Kier alpha value is -2.15. The van der Waals surface area contributed by atoms with Crippen molar-refractivity contribution in [3.8, 4) is 0 Å². The highest BCUT2D eigenvalue weighted by molar-refractivity contribution is 5.69. The van der Waals surface area contributed by atoms with E-state index in [4.69, 9.17) is 5.73 Å². The number of nitrogens with zero attached hydrogens (tertiary/aromatic N) is 2. The first-order chi connectivity index (χ1) is 8.61. The number of esters is 1. The number of hydrogen-bond donors (Lipinski definition) is 2. The van der Waals surface area contributed by atoms with E-state index >= 15 is 0 Å². The van der Waals surface area contributed by atoms with Gasteiger partial charge in [-0.3, -0.25) is 14.2 Å². The molecule has 2 aromatic heterocycles. The Morgan fingerprint density at radius 1 is 1.67 bits per heavy atom. The maximum absolute atomic E-state index is 11.7. The first kappa shape index (κ1) is 12.3. The van der Waals surface area contributed by atoms with Crippen molar-refractivity contribution in [3.05, 3.63) is 34.6 Å². The van der Waals surface area contributed by atoms with Crippen molar-refractivity contribution in [2.75, 3.05) is 7.11 Å². The number of H-pyrrole nitrogens is 1. The van der Waals surface area contributed by atoms with E-state index < -0.39 is 6.04 Å². The van der Waals surface area contributed by atoms with Gasteiger partial charge in [0, 0.05) is 12.6 Å². The van der Waals surface area contributed by atoms with Gasteiger partial charge in [0.05, 0.1) is 13.2 Å². The summed E-state index contributed by atoms with van der Waals surface area (Å²) in [6, 6.07) is 2.93. The first-order valence-electron chi connectivity index (χ1n) is 5.51. The van der Waals surface area contributed by atoms with Crippen LogP contribution in [0.25, 0.3) is 5.65 Å². The van der Waals surface area contributed by atoms with Gasteiger partial charge in [0.1, 0.15) is 11.5 Å². The van der Waals surface area contributed by atoms with Crippen LogP contribution in [0, 0.1) is 0 Å². The van der Waals surface area contributed by atoms with Gasteiger partial charge < -0.3 is 10.5 Å². The highest BCUT2D eigenvalue weighted by atomic mass is 16.5. The molecular weight excluding hydrogens is 236 g/mol. The summed E-state index contributed by atoms with van der Waals surface area (Å²) in [6.45, 7) is 0. The molecule has 0 fully saturated rings. The summed E-state index contributed by atoms with van der Waals surface area (Å²) in [5.41, 5.74) is 6.11. The zero-order valence-corrected chi connectivity index (χ0v) is 9.92. The van der Waals surface area contributed by atoms with Crippen LogP contribution in [0.1, 0.15) is 24.7 Å². The second-order valence-electron chi connectivity index (χ2n) is 3.88. The van der Waals surface area contributed by atoms with E-state index in [1.165, 1.54) is 11.5 Å². The average Bonchev–Trinajstić information content (AvgIpc) is 2.84. The van der Waals surface area contributed by atoms with E-state index in [9.17, 15) is 9.59 Å². The van der Waals surface area contributed by atoms with Gasteiger partial charge in [-0.05, 0) is 18.6 Å². The molecule has 0 saturated carbocycles. The number of ether oxygens (including phenoxy) is 1. The molecule has 7 heteroatoms. The minimum absolute atomic E-state index is 0.188. The third-order valence-electron chi connectivity index (χ3n) is 2.65. The predicted molar refractivity (Wildman–Crippen MR) is 64.0 cm³/mol. The molecule has 0 spiro atoms. The van der Waals surface area contributed by atoms with E-state index in [0.29, 0.717) is 17.9 Å². The molecular formula is C11H14N4O3. The van der Waals surface area contributed by atoms with Crippen LogP contribution in [0.5, 0.6) is 0 Å². The second-order valence-corrected chi connectivity index (χ2v) is 3.88. The summed E-state index contributed by atoms with van der Waals surface area (Å²) < 4.78 is 5.91. The van der Waals surface area contributed by atoms with Gasteiger partial charge in [-0.2, -0.15) is 0 Å². The maximum Gasteiger partial charge on any atom is 0.332 e. The lowest BCUT2D eigenvalue weighted by molar-refractivity contribution is -0.140. The van der Waals surface area contributed by atoms with Gasteiger partial charge in [0.25, 0.3) is 0 Å². The van der Waals surface area contributed by atoms with Crippen molar-refractivity contribution < 1.29 is 9.53 Å². The lowest BCUT2D eigenvalue weighted by Gasteiger charge is -2.10. The van der Waals surface area contributed by atoms with Crippen molar-refractivity contribution in [3.63, 3.8) is 0 Å². The zero-order valence-electron chi connectivity index (χ0n) is 9.92. The molecule has 2 heterocycles. The minimum Gasteiger partial charge on any atom is -0.469 e. The van der Waals surface area contributed by atoms with E-state index in [2.05, 4.69) is 14.7 Å². The van der Waals surface area contributed by atoms with E-state index in [1.54, 1.807) is 18.3 Å². The van der Waals surface area contributed by atoms with E-state index in [0.717, 1.165) is 0 Å². The molecule has 0 aliphatic heterocycles. The number of carbonyl (C=O) groups is 1. The van der Waals surface area contributed by atoms with E-state index in [1.807, 2.05) is 0 Å². The minimum atomic E-state index is -0.503. The fraction of sp³-hybridized carbons (Fsp3) is 0.364. The SMILES string of the molecule is COC(=O)CCC(N)c1nc2cccn2c(=O)[nH]1. The molecule has 2 rings (SSSR count). The van der Waals surface area contributed by atoms with Crippen LogP contribution in [-0.4, -0.2) is 27.4 Å². The Labute approximate surface area is 103 Å². The number of nitrogens with two attached hydrogens (primary N) is 1. The molecule has 0 aliphatic rings. The van der Waals surface area contributed by atoms with Crippen LogP contribution in [-0.2, 0) is 9.53 Å². The summed E-state index contributed by atoms with van der Waals surface area (Å²) in [5, 5.41) is 0. The van der Waals surface area contributed by atoms with Crippen LogP contribution < -0.4 is 11.4 Å². The van der Waals surface area contributed by atoms with Gasteiger partial charge in [-0.15, -0.1) is 0 Å². The molecule has 1 unspecified atom stereocenters. The van der Waals surface area contributed by atoms with Crippen LogP contribution >= 0.6 is 0 Å². The van der Waals surface area contributed by atoms with Crippen LogP contribution in [0.2, 0.25) is 0 Å². The molecule has 1 atom stereocenters. The molecule has 0 saturated heterocycles. The summed E-state index contributed by atoms with van der Waals surface area (Å²) in [5.74, 6) is 0.0339. The Morgan fingerprint density at radius 2 is 2.44 bits per heavy atom. The van der Waals surface area contributed by atoms with Crippen LogP contribution in [0.15, 0.2) is 23.1 Å². The van der Waals surface area contributed by atoms with Gasteiger partial charge >= 0.3 is 11.7 Å². The summed E-state index contributed by atoms with van der Waals surface area (Å²) >= 11 is 0. The second kappa shape index (κ2) is 5.01. The third kappa shape index (κ3) is 2.40. The van der Waals surface area contributed by atoms with Crippen molar-refractivity contribution in [1.29, 1.82) is 0 Å². The average molecular weight is 250 g/mol. The monoisotopic (exact) mass is 250 g/mol.